The lowest BCUT2D eigenvalue weighted by Crippen LogP contribution is -2.57. The summed E-state index contributed by atoms with van der Waals surface area (Å²) in [6.07, 6.45) is 0.769. The Morgan fingerprint density at radius 2 is 1.61 bits per heavy atom. The van der Waals surface area contributed by atoms with Gasteiger partial charge >= 0.3 is 0 Å². The van der Waals surface area contributed by atoms with Crippen LogP contribution in [0.1, 0.15) is 75.2 Å². The molecule has 0 saturated carbocycles. The molecule has 11 heteroatoms. The number of ether oxygens (including phenoxy) is 2. The molecule has 41 heavy (non-hydrogen) atoms. The number of epoxide rings is 1. The largest absolute Gasteiger partial charge is 0.385 e. The van der Waals surface area contributed by atoms with Gasteiger partial charge in [-0.25, -0.2) is 0 Å². The SMILES string of the molecule is COCCC(NC(=O)c1cc(C(C)C)on1)C(=O)N[C@@H](Cc1ccccc1)C(=O)NC(CC(C)C)C(=O)[C@@]1(C)CO1. The Hall–Kier alpha value is -3.57. The van der Waals surface area contributed by atoms with E-state index in [1.165, 1.54) is 13.2 Å². The first-order valence-corrected chi connectivity index (χ1v) is 14.0. The molecular weight excluding hydrogens is 528 g/mol. The number of ketones is 1. The van der Waals surface area contributed by atoms with Gasteiger partial charge in [0.2, 0.25) is 11.8 Å². The summed E-state index contributed by atoms with van der Waals surface area (Å²) in [6, 6.07) is 7.98. The minimum absolute atomic E-state index is 0.0364. The van der Waals surface area contributed by atoms with Crippen LogP contribution < -0.4 is 16.0 Å². The average Bonchev–Trinajstić information content (AvgIpc) is 3.48. The van der Waals surface area contributed by atoms with Crippen LogP contribution in [0.2, 0.25) is 0 Å². The summed E-state index contributed by atoms with van der Waals surface area (Å²) in [7, 11) is 1.49. The second-order valence-electron chi connectivity index (χ2n) is 11.4. The van der Waals surface area contributed by atoms with E-state index in [0.717, 1.165) is 5.56 Å². The van der Waals surface area contributed by atoms with Crippen molar-refractivity contribution in [3.05, 3.63) is 53.4 Å². The summed E-state index contributed by atoms with van der Waals surface area (Å²) < 4.78 is 15.7. The van der Waals surface area contributed by atoms with Gasteiger partial charge in [-0.05, 0) is 31.2 Å². The van der Waals surface area contributed by atoms with E-state index in [-0.39, 0.29) is 42.8 Å². The van der Waals surface area contributed by atoms with Gasteiger partial charge in [0.1, 0.15) is 23.4 Å². The Kier molecular flexibility index (Phi) is 11.2. The zero-order valence-electron chi connectivity index (χ0n) is 24.7. The summed E-state index contributed by atoms with van der Waals surface area (Å²) in [6.45, 7) is 9.96. The third-order valence-electron chi connectivity index (χ3n) is 6.92. The van der Waals surface area contributed by atoms with Gasteiger partial charge < -0.3 is 29.9 Å². The third-order valence-corrected chi connectivity index (χ3v) is 6.92. The Morgan fingerprint density at radius 1 is 0.976 bits per heavy atom. The number of hydrogen-bond acceptors (Lipinski definition) is 8. The fourth-order valence-electron chi connectivity index (χ4n) is 4.33. The van der Waals surface area contributed by atoms with Crippen molar-refractivity contribution in [1.29, 1.82) is 0 Å². The number of Topliss-reactive ketones (excluding diaryl/α,β-unsaturated/α-hetero) is 1. The molecule has 2 heterocycles. The zero-order chi connectivity index (χ0) is 30.2. The number of nitrogens with one attached hydrogen (secondary N) is 3. The molecule has 224 valence electrons. The van der Waals surface area contributed by atoms with Gasteiger partial charge in [-0.2, -0.15) is 0 Å². The van der Waals surface area contributed by atoms with Crippen molar-refractivity contribution in [3.63, 3.8) is 0 Å². The molecule has 1 aromatic heterocycles. The summed E-state index contributed by atoms with van der Waals surface area (Å²) in [5.41, 5.74) is -0.0383. The van der Waals surface area contributed by atoms with Crippen molar-refractivity contribution in [1.82, 2.24) is 21.1 Å². The summed E-state index contributed by atoms with van der Waals surface area (Å²) in [5, 5.41) is 12.2. The quantitative estimate of drug-likeness (QED) is 0.261. The van der Waals surface area contributed by atoms with Crippen LogP contribution in [-0.2, 0) is 30.3 Å². The van der Waals surface area contributed by atoms with Gasteiger partial charge in [0, 0.05) is 32.1 Å². The number of carbonyl (C=O) groups is 4. The molecule has 2 unspecified atom stereocenters. The smallest absolute Gasteiger partial charge is 0.274 e. The molecule has 2 aromatic rings. The van der Waals surface area contributed by atoms with E-state index in [1.807, 2.05) is 58.0 Å². The van der Waals surface area contributed by atoms with Crippen molar-refractivity contribution >= 4 is 23.5 Å². The molecule has 3 N–H and O–H groups in total. The Balaban J connectivity index is 1.79. The van der Waals surface area contributed by atoms with Crippen LogP contribution in [0, 0.1) is 5.92 Å². The van der Waals surface area contributed by atoms with Gasteiger partial charge in [-0.15, -0.1) is 0 Å². The maximum Gasteiger partial charge on any atom is 0.274 e. The highest BCUT2D eigenvalue weighted by atomic mass is 16.6. The van der Waals surface area contributed by atoms with Gasteiger partial charge in [0.15, 0.2) is 11.5 Å². The second kappa shape index (κ2) is 14.4. The predicted molar refractivity (Wildman–Crippen MR) is 151 cm³/mol. The highest BCUT2D eigenvalue weighted by molar-refractivity contribution is 5.99. The van der Waals surface area contributed by atoms with Gasteiger partial charge in [-0.1, -0.05) is 63.2 Å². The molecule has 1 aliphatic rings. The molecule has 4 atom stereocenters. The standard InChI is InChI=1S/C30H42N4O7/c1-18(2)14-22(26(35)30(5)17-40-30)32-28(37)23(15-20-10-8-7-9-11-20)33-27(36)21(12-13-39-6)31-29(38)24-16-25(19(3)4)41-34-24/h7-11,16,18-19,21-23H,12-15,17H2,1-6H3,(H,31,38)(H,32,37)(H,33,36)/t21?,22?,23-,30+/m0/s1. The fraction of sp³-hybridized carbons (Fsp3) is 0.567. The molecule has 1 aromatic carbocycles. The lowest BCUT2D eigenvalue weighted by atomic mass is 9.93. The molecule has 0 spiro atoms. The minimum Gasteiger partial charge on any atom is -0.385 e. The summed E-state index contributed by atoms with van der Waals surface area (Å²) in [4.78, 5) is 53.2. The van der Waals surface area contributed by atoms with Gasteiger partial charge in [0.05, 0.1) is 12.6 Å². The summed E-state index contributed by atoms with van der Waals surface area (Å²) in [5.74, 6) is -1.12. The molecule has 11 nitrogen and oxygen atoms in total. The zero-order valence-corrected chi connectivity index (χ0v) is 24.7. The van der Waals surface area contributed by atoms with Crippen molar-refractivity contribution in [2.75, 3.05) is 20.3 Å². The first-order valence-electron chi connectivity index (χ1n) is 14.0. The Morgan fingerprint density at radius 3 is 2.17 bits per heavy atom. The lowest BCUT2D eigenvalue weighted by Gasteiger charge is -2.26. The van der Waals surface area contributed by atoms with E-state index in [4.69, 9.17) is 14.0 Å². The van der Waals surface area contributed by atoms with Crippen LogP contribution in [0.5, 0.6) is 0 Å². The lowest BCUT2D eigenvalue weighted by molar-refractivity contribution is -0.133. The molecule has 1 aliphatic heterocycles. The van der Waals surface area contributed by atoms with E-state index >= 15 is 0 Å². The van der Waals surface area contributed by atoms with Crippen molar-refractivity contribution in [3.8, 4) is 0 Å². The summed E-state index contributed by atoms with van der Waals surface area (Å²) >= 11 is 0. The molecule has 1 fully saturated rings. The molecule has 0 radical (unpaired) electrons. The minimum atomic E-state index is -1.01. The Labute approximate surface area is 241 Å². The van der Waals surface area contributed by atoms with E-state index in [9.17, 15) is 19.2 Å². The van der Waals surface area contributed by atoms with Crippen LogP contribution in [-0.4, -0.2) is 72.7 Å². The van der Waals surface area contributed by atoms with Gasteiger partial charge in [-0.3, -0.25) is 19.2 Å². The monoisotopic (exact) mass is 570 g/mol. The van der Waals surface area contributed by atoms with Crippen LogP contribution in [0.15, 0.2) is 40.9 Å². The number of amides is 3. The Bertz CT molecular complexity index is 1190. The maximum absolute atomic E-state index is 13.6. The molecule has 0 aliphatic carbocycles. The average molecular weight is 571 g/mol. The van der Waals surface area contributed by atoms with E-state index in [1.54, 1.807) is 6.92 Å². The van der Waals surface area contributed by atoms with E-state index < -0.39 is 41.4 Å². The third kappa shape index (κ3) is 9.22. The second-order valence-corrected chi connectivity index (χ2v) is 11.4. The van der Waals surface area contributed by atoms with Crippen LogP contribution in [0.3, 0.4) is 0 Å². The first-order chi connectivity index (χ1) is 19.4. The molecule has 1 saturated heterocycles. The predicted octanol–water partition coefficient (Wildman–Crippen LogP) is 2.55. The van der Waals surface area contributed by atoms with Crippen LogP contribution >= 0.6 is 0 Å². The number of benzene rings is 1. The van der Waals surface area contributed by atoms with Gasteiger partial charge in [0.25, 0.3) is 5.91 Å². The highest BCUT2D eigenvalue weighted by Crippen LogP contribution is 2.29. The number of carbonyl (C=O) groups excluding carboxylic acids is 4. The molecule has 0 bridgehead atoms. The molecule has 3 amide bonds. The molecular formula is C30H42N4O7. The number of aromatic nitrogens is 1. The normalized spacial score (nSPS) is 18.4. The first kappa shape index (κ1) is 32.0. The van der Waals surface area contributed by atoms with Crippen LogP contribution in [0.4, 0.5) is 0 Å². The van der Waals surface area contributed by atoms with Crippen molar-refractivity contribution in [2.24, 2.45) is 5.92 Å². The topological polar surface area (TPSA) is 152 Å². The molecule has 3 rings (SSSR count). The number of hydrogen-bond donors (Lipinski definition) is 3. The maximum atomic E-state index is 13.6. The number of methoxy groups -OCH3 is 1. The fourth-order valence-corrected chi connectivity index (χ4v) is 4.33. The number of rotatable bonds is 16. The van der Waals surface area contributed by atoms with E-state index in [2.05, 4.69) is 21.1 Å². The van der Waals surface area contributed by atoms with Crippen molar-refractivity contribution in [2.45, 2.75) is 83.5 Å². The number of nitrogens with zero attached hydrogens (tertiary/aromatic N) is 1. The van der Waals surface area contributed by atoms with Crippen molar-refractivity contribution < 1.29 is 33.2 Å². The van der Waals surface area contributed by atoms with E-state index in [0.29, 0.717) is 18.8 Å². The van der Waals surface area contributed by atoms with Crippen LogP contribution in [0.25, 0.3) is 0 Å². The highest BCUT2D eigenvalue weighted by Gasteiger charge is 2.50.